The van der Waals surface area contributed by atoms with E-state index in [4.69, 9.17) is 0 Å². The molecule has 0 saturated carbocycles. The van der Waals surface area contributed by atoms with Crippen molar-refractivity contribution in [1.29, 1.82) is 0 Å². The first-order valence-corrected chi connectivity index (χ1v) is 9.90. The molecule has 4 amide bonds. The molecular formula is C21H20BrN3O4. The minimum Gasteiger partial charge on any atom is -0.355 e. The van der Waals surface area contributed by atoms with E-state index in [9.17, 15) is 19.2 Å². The lowest BCUT2D eigenvalue weighted by molar-refractivity contribution is -0.116. The molecule has 1 heterocycles. The van der Waals surface area contributed by atoms with Crippen molar-refractivity contribution in [3.63, 3.8) is 0 Å². The Morgan fingerprint density at radius 1 is 1.07 bits per heavy atom. The number of nitrogens with one attached hydrogen (secondary N) is 2. The predicted molar refractivity (Wildman–Crippen MR) is 112 cm³/mol. The molecule has 0 aliphatic carbocycles. The predicted octanol–water partition coefficient (Wildman–Crippen LogP) is 3.13. The normalized spacial score (nSPS) is 12.7. The summed E-state index contributed by atoms with van der Waals surface area (Å²) in [6.45, 7) is 1.92. The fourth-order valence-corrected chi connectivity index (χ4v) is 3.59. The molecular weight excluding hydrogens is 438 g/mol. The number of rotatable bonds is 6. The largest absolute Gasteiger partial charge is 0.355 e. The first-order chi connectivity index (χ1) is 13.8. The van der Waals surface area contributed by atoms with Crippen LogP contribution in [0, 0.1) is 6.92 Å². The van der Waals surface area contributed by atoms with Gasteiger partial charge in [0.05, 0.1) is 11.1 Å². The summed E-state index contributed by atoms with van der Waals surface area (Å²) in [5.74, 6) is -1.16. The molecule has 0 bridgehead atoms. The summed E-state index contributed by atoms with van der Waals surface area (Å²) >= 11 is 3.30. The highest BCUT2D eigenvalue weighted by Gasteiger charge is 2.35. The van der Waals surface area contributed by atoms with E-state index in [1.807, 2.05) is 0 Å². The zero-order valence-corrected chi connectivity index (χ0v) is 17.6. The van der Waals surface area contributed by atoms with Crippen molar-refractivity contribution in [3.8, 4) is 0 Å². The van der Waals surface area contributed by atoms with Crippen LogP contribution in [0.25, 0.3) is 0 Å². The molecule has 7 nitrogen and oxygen atoms in total. The van der Waals surface area contributed by atoms with E-state index in [-0.39, 0.29) is 36.6 Å². The number of nitrogens with zero attached hydrogens (tertiary/aromatic N) is 1. The molecule has 0 fully saturated rings. The zero-order valence-electron chi connectivity index (χ0n) is 16.0. The van der Waals surface area contributed by atoms with Gasteiger partial charge >= 0.3 is 0 Å². The lowest BCUT2D eigenvalue weighted by atomic mass is 10.1. The van der Waals surface area contributed by atoms with Crippen molar-refractivity contribution in [3.05, 3.63) is 63.1 Å². The summed E-state index contributed by atoms with van der Waals surface area (Å²) in [4.78, 5) is 50.2. The minimum absolute atomic E-state index is 0.140. The number of carbonyl (C=O) groups excluding carboxylic acids is 4. The Hall–Kier alpha value is -3.00. The molecule has 0 unspecified atom stereocenters. The highest BCUT2D eigenvalue weighted by Crippen LogP contribution is 2.26. The van der Waals surface area contributed by atoms with Crippen LogP contribution in [0.5, 0.6) is 0 Å². The molecule has 0 spiro atoms. The minimum atomic E-state index is -0.346. The first-order valence-electron chi connectivity index (χ1n) is 9.10. The molecule has 2 aromatic rings. The molecule has 0 aromatic heterocycles. The summed E-state index contributed by atoms with van der Waals surface area (Å²) in [7, 11) is 1.55. The van der Waals surface area contributed by atoms with Gasteiger partial charge in [-0.05, 0) is 49.2 Å². The highest BCUT2D eigenvalue weighted by molar-refractivity contribution is 9.10. The SMILES string of the molecule is CNC(=O)c1cccc(NC(=O)CCCN2C(=O)c3ccc(Br)cc3C2=O)c1C. The lowest BCUT2D eigenvalue weighted by Crippen LogP contribution is -2.31. The Balaban J connectivity index is 1.58. The Labute approximate surface area is 176 Å². The van der Waals surface area contributed by atoms with Gasteiger partial charge in [-0.25, -0.2) is 0 Å². The number of hydrogen-bond donors (Lipinski definition) is 2. The van der Waals surface area contributed by atoms with Gasteiger partial charge in [0.2, 0.25) is 5.91 Å². The van der Waals surface area contributed by atoms with Gasteiger partial charge < -0.3 is 10.6 Å². The molecule has 29 heavy (non-hydrogen) atoms. The van der Waals surface area contributed by atoms with Crippen molar-refractivity contribution < 1.29 is 19.2 Å². The number of imide groups is 1. The third kappa shape index (κ3) is 4.22. The molecule has 2 aromatic carbocycles. The number of benzene rings is 2. The van der Waals surface area contributed by atoms with Crippen molar-refractivity contribution in [2.45, 2.75) is 19.8 Å². The van der Waals surface area contributed by atoms with Crippen LogP contribution in [0.3, 0.4) is 0 Å². The van der Waals surface area contributed by atoms with E-state index in [1.54, 1.807) is 50.4 Å². The van der Waals surface area contributed by atoms with Crippen LogP contribution in [0.4, 0.5) is 5.69 Å². The topological polar surface area (TPSA) is 95.6 Å². The summed E-state index contributed by atoms with van der Waals surface area (Å²) in [6, 6.07) is 10.1. The summed E-state index contributed by atoms with van der Waals surface area (Å²) in [5.41, 5.74) is 2.47. The molecule has 0 saturated heterocycles. The first kappa shape index (κ1) is 20.7. The van der Waals surface area contributed by atoms with Crippen LogP contribution in [0.1, 0.15) is 49.5 Å². The molecule has 1 aliphatic heterocycles. The molecule has 2 N–H and O–H groups in total. The summed E-state index contributed by atoms with van der Waals surface area (Å²) in [5, 5.41) is 5.35. The fraction of sp³-hybridized carbons (Fsp3) is 0.238. The van der Waals surface area contributed by atoms with Crippen molar-refractivity contribution in [2.75, 3.05) is 18.9 Å². The van der Waals surface area contributed by atoms with Crippen LogP contribution in [-0.2, 0) is 4.79 Å². The van der Waals surface area contributed by atoms with Gasteiger partial charge in [0.1, 0.15) is 0 Å². The smallest absolute Gasteiger partial charge is 0.261 e. The van der Waals surface area contributed by atoms with Crippen LogP contribution in [0.15, 0.2) is 40.9 Å². The van der Waals surface area contributed by atoms with Gasteiger partial charge in [0.15, 0.2) is 0 Å². The second-order valence-electron chi connectivity index (χ2n) is 6.66. The fourth-order valence-electron chi connectivity index (χ4n) is 3.23. The molecule has 1 aliphatic rings. The Morgan fingerprint density at radius 3 is 2.52 bits per heavy atom. The van der Waals surface area contributed by atoms with Gasteiger partial charge in [0.25, 0.3) is 17.7 Å². The highest BCUT2D eigenvalue weighted by atomic mass is 79.9. The van der Waals surface area contributed by atoms with Gasteiger partial charge in [-0.1, -0.05) is 22.0 Å². The van der Waals surface area contributed by atoms with Gasteiger partial charge in [-0.15, -0.1) is 0 Å². The molecule has 8 heteroatoms. The molecule has 0 atom stereocenters. The quantitative estimate of drug-likeness (QED) is 0.651. The second-order valence-corrected chi connectivity index (χ2v) is 7.58. The Kier molecular flexibility index (Phi) is 6.12. The van der Waals surface area contributed by atoms with E-state index < -0.39 is 0 Å². The lowest BCUT2D eigenvalue weighted by Gasteiger charge is -2.14. The summed E-state index contributed by atoms with van der Waals surface area (Å²) < 4.78 is 0.730. The zero-order chi connectivity index (χ0) is 21.1. The standard InChI is InChI=1S/C21H20BrN3O4/c1-12-14(19(27)23-2)5-3-6-17(12)24-18(26)7-4-10-25-20(28)15-9-8-13(22)11-16(15)21(25)29/h3,5-6,8-9,11H,4,7,10H2,1-2H3,(H,23,27)(H,24,26). The Morgan fingerprint density at radius 2 is 1.79 bits per heavy atom. The van der Waals surface area contributed by atoms with Gasteiger partial charge in [-0.2, -0.15) is 0 Å². The van der Waals surface area contributed by atoms with Crippen LogP contribution in [-0.4, -0.2) is 42.1 Å². The van der Waals surface area contributed by atoms with Crippen LogP contribution < -0.4 is 10.6 Å². The number of halogens is 1. The number of amides is 4. The van der Waals surface area contributed by atoms with Gasteiger partial charge in [0, 0.05) is 35.7 Å². The molecule has 3 rings (SSSR count). The van der Waals surface area contributed by atoms with Gasteiger partial charge in [-0.3, -0.25) is 24.1 Å². The van der Waals surface area contributed by atoms with E-state index in [1.165, 1.54) is 4.90 Å². The van der Waals surface area contributed by atoms with E-state index in [0.717, 1.165) is 4.47 Å². The van der Waals surface area contributed by atoms with Crippen molar-refractivity contribution in [2.24, 2.45) is 0 Å². The average molecular weight is 458 g/mol. The maximum absolute atomic E-state index is 12.4. The second kappa shape index (κ2) is 8.57. The number of carbonyl (C=O) groups is 4. The monoisotopic (exact) mass is 457 g/mol. The summed E-state index contributed by atoms with van der Waals surface area (Å²) in [6.07, 6.45) is 0.480. The number of anilines is 1. The van der Waals surface area contributed by atoms with Crippen LogP contribution >= 0.6 is 15.9 Å². The van der Waals surface area contributed by atoms with E-state index in [0.29, 0.717) is 34.4 Å². The number of hydrogen-bond acceptors (Lipinski definition) is 4. The van der Waals surface area contributed by atoms with Crippen LogP contribution in [0.2, 0.25) is 0 Å². The van der Waals surface area contributed by atoms with Crippen molar-refractivity contribution in [1.82, 2.24) is 10.2 Å². The Bertz CT molecular complexity index is 1020. The van der Waals surface area contributed by atoms with E-state index >= 15 is 0 Å². The number of fused-ring (bicyclic) bond motifs is 1. The third-order valence-corrected chi connectivity index (χ3v) is 5.29. The molecule has 0 radical (unpaired) electrons. The van der Waals surface area contributed by atoms with E-state index in [2.05, 4.69) is 26.6 Å². The average Bonchev–Trinajstić information content (AvgIpc) is 2.93. The van der Waals surface area contributed by atoms with Crippen molar-refractivity contribution >= 4 is 45.2 Å². The maximum Gasteiger partial charge on any atom is 0.261 e. The third-order valence-electron chi connectivity index (χ3n) is 4.80. The maximum atomic E-state index is 12.4. The molecule has 150 valence electrons.